The zero-order valence-electron chi connectivity index (χ0n) is 10.3. The molecule has 1 aliphatic carbocycles. The van der Waals surface area contributed by atoms with Gasteiger partial charge in [-0.15, -0.1) is 0 Å². The second-order valence-corrected chi connectivity index (χ2v) is 6.86. The Kier molecular flexibility index (Phi) is 4.41. The molecular weight excluding hydrogens is 254 g/mol. The lowest BCUT2D eigenvalue weighted by Crippen LogP contribution is -2.46. The molecule has 0 aliphatic heterocycles. The second-order valence-electron chi connectivity index (χ2n) is 4.56. The van der Waals surface area contributed by atoms with E-state index in [0.717, 1.165) is 36.0 Å². The third kappa shape index (κ3) is 3.19. The van der Waals surface area contributed by atoms with Gasteiger partial charge in [-0.25, -0.2) is 4.98 Å². The monoisotopic (exact) mass is 273 g/mol. The van der Waals surface area contributed by atoms with Crippen LogP contribution in [0.15, 0.2) is 4.34 Å². The maximum Gasteiger partial charge on any atom is 0.170 e. The summed E-state index contributed by atoms with van der Waals surface area (Å²) in [4.78, 5) is 4.38. The van der Waals surface area contributed by atoms with E-state index in [-0.39, 0.29) is 12.1 Å². The Morgan fingerprint density at radius 3 is 3.06 bits per heavy atom. The normalized spacial score (nSPS) is 28.8. The second kappa shape index (κ2) is 5.65. The molecule has 4 nitrogen and oxygen atoms in total. The highest BCUT2D eigenvalue weighted by Crippen LogP contribution is 2.40. The van der Waals surface area contributed by atoms with Crippen molar-refractivity contribution in [3.63, 3.8) is 0 Å². The van der Waals surface area contributed by atoms with Crippen molar-refractivity contribution in [2.75, 3.05) is 13.2 Å². The number of rotatable bonds is 5. The minimum atomic E-state index is -0.0633. The van der Waals surface area contributed by atoms with Crippen LogP contribution in [0, 0.1) is 6.92 Å². The first-order valence-electron chi connectivity index (χ1n) is 6.00. The number of likely N-dealkylation sites (N-methyl/N-ethyl adjacent to an activating group) is 1. The maximum atomic E-state index is 9.54. The standard InChI is InChI=1S/C11H19N3OS2/c1-3-12-11(7-15)5-4-9(6-11)16-10-13-8(2)14-17-10/h9,12,15H,3-7H2,1-2H3. The summed E-state index contributed by atoms with van der Waals surface area (Å²) in [5.74, 6) is 0.857. The number of nitrogens with one attached hydrogen (secondary N) is 1. The van der Waals surface area contributed by atoms with Crippen LogP contribution in [0.2, 0.25) is 0 Å². The Balaban J connectivity index is 1.93. The topological polar surface area (TPSA) is 58.0 Å². The van der Waals surface area contributed by atoms with E-state index in [1.807, 2.05) is 18.7 Å². The minimum absolute atomic E-state index is 0.0633. The van der Waals surface area contributed by atoms with Gasteiger partial charge in [0, 0.05) is 10.8 Å². The summed E-state index contributed by atoms with van der Waals surface area (Å²) in [7, 11) is 0. The summed E-state index contributed by atoms with van der Waals surface area (Å²) < 4.78 is 5.25. The zero-order chi connectivity index (χ0) is 12.3. The molecule has 0 radical (unpaired) electrons. The van der Waals surface area contributed by atoms with Gasteiger partial charge in [-0.2, -0.15) is 4.37 Å². The molecule has 1 saturated carbocycles. The number of aliphatic hydroxyl groups is 1. The molecule has 0 aromatic carbocycles. The molecule has 0 bridgehead atoms. The molecule has 1 heterocycles. The molecule has 6 heteroatoms. The quantitative estimate of drug-likeness (QED) is 0.857. The summed E-state index contributed by atoms with van der Waals surface area (Å²) in [5, 5.41) is 13.5. The molecule has 2 N–H and O–H groups in total. The number of thioether (sulfide) groups is 1. The van der Waals surface area contributed by atoms with Crippen LogP contribution in [-0.2, 0) is 0 Å². The molecule has 0 amide bonds. The zero-order valence-corrected chi connectivity index (χ0v) is 11.9. The fraction of sp³-hybridized carbons (Fsp3) is 0.818. The molecule has 2 unspecified atom stereocenters. The van der Waals surface area contributed by atoms with Gasteiger partial charge in [0.2, 0.25) is 0 Å². The molecule has 2 atom stereocenters. The molecule has 1 aromatic heterocycles. The molecular formula is C11H19N3OS2. The van der Waals surface area contributed by atoms with Crippen LogP contribution in [0.4, 0.5) is 0 Å². The first-order chi connectivity index (χ1) is 8.17. The van der Waals surface area contributed by atoms with E-state index in [1.165, 1.54) is 11.5 Å². The van der Waals surface area contributed by atoms with Gasteiger partial charge in [0.15, 0.2) is 4.34 Å². The molecule has 0 spiro atoms. The van der Waals surface area contributed by atoms with Crippen molar-refractivity contribution in [2.45, 2.75) is 48.2 Å². The molecule has 96 valence electrons. The SMILES string of the molecule is CCNC1(CO)CCC(Sc2nc(C)ns2)C1. The highest BCUT2D eigenvalue weighted by atomic mass is 32.2. The maximum absolute atomic E-state index is 9.54. The van der Waals surface area contributed by atoms with Crippen molar-refractivity contribution in [3.05, 3.63) is 5.82 Å². The first-order valence-corrected chi connectivity index (χ1v) is 7.65. The number of nitrogens with zero attached hydrogens (tertiary/aromatic N) is 2. The van der Waals surface area contributed by atoms with Gasteiger partial charge >= 0.3 is 0 Å². The molecule has 1 aliphatic rings. The highest BCUT2D eigenvalue weighted by Gasteiger charge is 2.38. The van der Waals surface area contributed by atoms with Gasteiger partial charge in [-0.1, -0.05) is 18.7 Å². The van der Waals surface area contributed by atoms with Gasteiger partial charge in [-0.05, 0) is 44.3 Å². The predicted molar refractivity (Wildman–Crippen MR) is 71.6 cm³/mol. The molecule has 1 fully saturated rings. The summed E-state index contributed by atoms with van der Waals surface area (Å²) in [6, 6.07) is 0. The average Bonchev–Trinajstić information content (AvgIpc) is 2.88. The number of hydrogen-bond acceptors (Lipinski definition) is 6. The molecule has 1 aromatic rings. The molecule has 2 rings (SSSR count). The Morgan fingerprint density at radius 2 is 2.47 bits per heavy atom. The lowest BCUT2D eigenvalue weighted by atomic mass is 9.99. The lowest BCUT2D eigenvalue weighted by molar-refractivity contribution is 0.167. The highest BCUT2D eigenvalue weighted by molar-refractivity contribution is 8.01. The fourth-order valence-corrected chi connectivity index (χ4v) is 4.61. The predicted octanol–water partition coefficient (Wildman–Crippen LogP) is 1.83. The van der Waals surface area contributed by atoms with E-state index in [1.54, 1.807) is 0 Å². The van der Waals surface area contributed by atoms with Crippen molar-refractivity contribution in [1.82, 2.24) is 14.7 Å². The first kappa shape index (κ1) is 13.3. The van der Waals surface area contributed by atoms with Crippen molar-refractivity contribution in [1.29, 1.82) is 0 Å². The average molecular weight is 273 g/mol. The van der Waals surface area contributed by atoms with E-state index in [2.05, 4.69) is 21.6 Å². The Bertz CT molecular complexity index is 371. The van der Waals surface area contributed by atoms with E-state index < -0.39 is 0 Å². The van der Waals surface area contributed by atoms with Crippen molar-refractivity contribution < 1.29 is 5.11 Å². The van der Waals surface area contributed by atoms with E-state index in [4.69, 9.17) is 0 Å². The van der Waals surface area contributed by atoms with Crippen LogP contribution in [0.3, 0.4) is 0 Å². The number of aryl methyl sites for hydroxylation is 1. The number of hydrogen-bond donors (Lipinski definition) is 2. The summed E-state index contributed by atoms with van der Waals surface area (Å²) >= 11 is 3.29. The largest absolute Gasteiger partial charge is 0.394 e. The van der Waals surface area contributed by atoms with Gasteiger partial charge in [0.05, 0.1) is 6.61 Å². The Labute approximate surface area is 110 Å². The summed E-state index contributed by atoms with van der Waals surface area (Å²) in [5.41, 5.74) is -0.0633. The Morgan fingerprint density at radius 1 is 1.65 bits per heavy atom. The number of aromatic nitrogens is 2. The van der Waals surface area contributed by atoms with Gasteiger partial charge in [-0.3, -0.25) is 0 Å². The molecule has 0 saturated heterocycles. The number of aliphatic hydroxyl groups excluding tert-OH is 1. The van der Waals surface area contributed by atoms with Crippen molar-refractivity contribution in [3.8, 4) is 0 Å². The van der Waals surface area contributed by atoms with Gasteiger partial charge in [0.1, 0.15) is 5.82 Å². The third-order valence-electron chi connectivity index (χ3n) is 3.19. The van der Waals surface area contributed by atoms with E-state index in [0.29, 0.717) is 5.25 Å². The van der Waals surface area contributed by atoms with Gasteiger partial charge in [0.25, 0.3) is 0 Å². The lowest BCUT2D eigenvalue weighted by Gasteiger charge is -2.27. The van der Waals surface area contributed by atoms with Crippen LogP contribution >= 0.6 is 23.3 Å². The van der Waals surface area contributed by atoms with Crippen molar-refractivity contribution in [2.24, 2.45) is 0 Å². The van der Waals surface area contributed by atoms with Crippen LogP contribution in [-0.4, -0.2) is 38.4 Å². The summed E-state index contributed by atoms with van der Waals surface area (Å²) in [6.07, 6.45) is 3.20. The summed E-state index contributed by atoms with van der Waals surface area (Å²) in [6.45, 7) is 5.15. The van der Waals surface area contributed by atoms with Gasteiger partial charge < -0.3 is 10.4 Å². The molecule has 17 heavy (non-hydrogen) atoms. The van der Waals surface area contributed by atoms with Crippen molar-refractivity contribution >= 4 is 23.3 Å². The Hall–Kier alpha value is -0.170. The van der Waals surface area contributed by atoms with E-state index >= 15 is 0 Å². The van der Waals surface area contributed by atoms with E-state index in [9.17, 15) is 5.11 Å². The third-order valence-corrected chi connectivity index (χ3v) is 5.34. The van der Waals surface area contributed by atoms with Crippen LogP contribution < -0.4 is 5.32 Å². The van der Waals surface area contributed by atoms with Crippen LogP contribution in [0.25, 0.3) is 0 Å². The van der Waals surface area contributed by atoms with Crippen LogP contribution in [0.1, 0.15) is 32.0 Å². The fourth-order valence-electron chi connectivity index (χ4n) is 2.38. The smallest absolute Gasteiger partial charge is 0.170 e. The minimum Gasteiger partial charge on any atom is -0.394 e. The van der Waals surface area contributed by atoms with Crippen LogP contribution in [0.5, 0.6) is 0 Å².